The Balaban J connectivity index is 1.38. The van der Waals surface area contributed by atoms with Gasteiger partial charge in [-0.05, 0) is 56.0 Å². The molecular weight excluding hydrogens is 411 g/mol. The number of amides is 2. The van der Waals surface area contributed by atoms with E-state index in [9.17, 15) is 14.0 Å². The minimum Gasteiger partial charge on any atom is -0.494 e. The molecule has 0 radical (unpaired) electrons. The lowest BCUT2D eigenvalue weighted by atomic mass is 9.85. The molecule has 0 saturated carbocycles. The predicted molar refractivity (Wildman–Crippen MR) is 118 cm³/mol. The second-order valence-electron chi connectivity index (χ2n) is 8.38. The maximum Gasteiger partial charge on any atom is 0.220 e. The largest absolute Gasteiger partial charge is 0.494 e. The zero-order chi connectivity index (χ0) is 22.7. The molecule has 8 heteroatoms. The molecule has 1 aromatic carbocycles. The van der Waals surface area contributed by atoms with Gasteiger partial charge in [0.2, 0.25) is 11.8 Å². The molecule has 1 aliphatic rings. The molecule has 7 nitrogen and oxygen atoms in total. The fraction of sp³-hybridized carbons (Fsp3) is 0.375. The molecular formula is C24H27FN4O3. The second-order valence-corrected chi connectivity index (χ2v) is 8.38. The number of methoxy groups -OCH3 is 1. The number of hydrogen-bond acceptors (Lipinski definition) is 4. The van der Waals surface area contributed by atoms with Gasteiger partial charge in [0.05, 0.1) is 19.3 Å². The van der Waals surface area contributed by atoms with Crippen molar-refractivity contribution in [2.45, 2.75) is 51.1 Å². The summed E-state index contributed by atoms with van der Waals surface area (Å²) in [4.78, 5) is 29.1. The van der Waals surface area contributed by atoms with Crippen molar-refractivity contribution in [1.29, 1.82) is 0 Å². The lowest BCUT2D eigenvalue weighted by Gasteiger charge is -2.29. The topological polar surface area (TPSA) is 84.7 Å². The minimum atomic E-state index is -0.530. The van der Waals surface area contributed by atoms with Crippen molar-refractivity contribution in [3.8, 4) is 5.75 Å². The molecule has 2 N–H and O–H groups in total. The third-order valence-electron chi connectivity index (χ3n) is 6.04. The number of halogens is 1. The zero-order valence-electron chi connectivity index (χ0n) is 18.3. The number of aromatic nitrogens is 2. The van der Waals surface area contributed by atoms with Crippen LogP contribution in [0.5, 0.6) is 5.75 Å². The molecule has 4 rings (SSSR count). The Hall–Kier alpha value is -3.42. The minimum absolute atomic E-state index is 0.0282. The molecule has 2 aromatic heterocycles. The third kappa shape index (κ3) is 4.74. The van der Waals surface area contributed by atoms with Crippen LogP contribution in [0.2, 0.25) is 0 Å². The van der Waals surface area contributed by atoms with Gasteiger partial charge in [0.1, 0.15) is 5.65 Å². The van der Waals surface area contributed by atoms with Gasteiger partial charge in [0.25, 0.3) is 0 Å². The van der Waals surface area contributed by atoms with E-state index in [2.05, 4.69) is 15.6 Å². The fourth-order valence-corrected chi connectivity index (χ4v) is 4.30. The van der Waals surface area contributed by atoms with Gasteiger partial charge in [-0.1, -0.05) is 12.1 Å². The summed E-state index contributed by atoms with van der Waals surface area (Å²) in [5, 5.41) is 5.98. The van der Waals surface area contributed by atoms with Gasteiger partial charge in [-0.2, -0.15) is 0 Å². The third-order valence-corrected chi connectivity index (χ3v) is 6.04. The average molecular weight is 439 g/mol. The summed E-state index contributed by atoms with van der Waals surface area (Å²) in [6.07, 6.45) is 4.24. The summed E-state index contributed by atoms with van der Waals surface area (Å²) in [7, 11) is 1.42. The van der Waals surface area contributed by atoms with Crippen molar-refractivity contribution in [2.75, 3.05) is 7.11 Å². The summed E-state index contributed by atoms with van der Waals surface area (Å²) in [6, 6.07) is 10.6. The quantitative estimate of drug-likeness (QED) is 0.566. The zero-order valence-corrected chi connectivity index (χ0v) is 18.3. The Morgan fingerprint density at radius 3 is 2.91 bits per heavy atom. The van der Waals surface area contributed by atoms with Crippen LogP contribution in [-0.4, -0.2) is 33.8 Å². The molecule has 32 heavy (non-hydrogen) atoms. The first kappa shape index (κ1) is 21.8. The van der Waals surface area contributed by atoms with Crippen molar-refractivity contribution < 1.29 is 18.7 Å². The number of pyridine rings is 1. The lowest BCUT2D eigenvalue weighted by Crippen LogP contribution is -2.44. The smallest absolute Gasteiger partial charge is 0.220 e. The van der Waals surface area contributed by atoms with E-state index in [1.807, 2.05) is 35.7 Å². The van der Waals surface area contributed by atoms with E-state index >= 15 is 0 Å². The van der Waals surface area contributed by atoms with E-state index in [1.54, 1.807) is 12.1 Å². The number of aryl methyl sites for hydroxylation is 1. The first-order valence-corrected chi connectivity index (χ1v) is 10.7. The first-order chi connectivity index (χ1) is 15.4. The molecule has 0 aliphatic carbocycles. The maximum atomic E-state index is 13.8. The van der Waals surface area contributed by atoms with Gasteiger partial charge in [-0.25, -0.2) is 9.37 Å². The molecule has 1 atom stereocenters. The Morgan fingerprint density at radius 2 is 2.19 bits per heavy atom. The van der Waals surface area contributed by atoms with Crippen molar-refractivity contribution >= 4 is 17.5 Å². The van der Waals surface area contributed by atoms with Gasteiger partial charge in [0, 0.05) is 30.3 Å². The molecule has 0 bridgehead atoms. The Labute approximate surface area is 186 Å². The van der Waals surface area contributed by atoms with E-state index < -0.39 is 11.4 Å². The number of ether oxygens (including phenoxy) is 1. The number of imidazole rings is 1. The summed E-state index contributed by atoms with van der Waals surface area (Å²) in [5.74, 6) is -0.389. The number of fused-ring (bicyclic) bond motifs is 1. The standard InChI is InChI=1S/C24H27FN4O3/c1-16-4-3-5-21-27-18(15-29(16)21)14-26-22(30)8-10-24(11-9-23(31)28-24)13-17-6-7-19(25)20(12-17)32-2/h3-7,12,15H,8-11,13-14H2,1-2H3,(H,26,30)(H,28,31)/t24-/m0/s1. The van der Waals surface area contributed by atoms with Crippen LogP contribution in [-0.2, 0) is 22.6 Å². The van der Waals surface area contributed by atoms with Crippen molar-refractivity contribution in [2.24, 2.45) is 0 Å². The number of nitrogens with zero attached hydrogens (tertiary/aromatic N) is 2. The van der Waals surface area contributed by atoms with E-state index in [0.29, 0.717) is 32.2 Å². The summed E-state index contributed by atoms with van der Waals surface area (Å²) in [6.45, 7) is 2.34. The van der Waals surface area contributed by atoms with E-state index in [4.69, 9.17) is 4.74 Å². The van der Waals surface area contributed by atoms with E-state index in [0.717, 1.165) is 22.6 Å². The number of nitrogens with one attached hydrogen (secondary N) is 2. The summed E-state index contributed by atoms with van der Waals surface area (Å²) < 4.78 is 20.8. The molecule has 168 valence electrons. The van der Waals surface area contributed by atoms with Crippen molar-refractivity contribution in [1.82, 2.24) is 20.0 Å². The van der Waals surface area contributed by atoms with Crippen molar-refractivity contribution in [3.63, 3.8) is 0 Å². The van der Waals surface area contributed by atoms with Gasteiger partial charge in [-0.15, -0.1) is 0 Å². The van der Waals surface area contributed by atoms with Crippen LogP contribution in [0.3, 0.4) is 0 Å². The van der Waals surface area contributed by atoms with Crippen LogP contribution in [0.1, 0.15) is 42.6 Å². The highest BCUT2D eigenvalue weighted by Crippen LogP contribution is 2.31. The van der Waals surface area contributed by atoms with Crippen LogP contribution in [0.25, 0.3) is 5.65 Å². The molecule has 3 aromatic rings. The van der Waals surface area contributed by atoms with Gasteiger partial charge < -0.3 is 19.8 Å². The Bertz CT molecular complexity index is 1160. The van der Waals surface area contributed by atoms with E-state index in [1.165, 1.54) is 13.2 Å². The van der Waals surface area contributed by atoms with E-state index in [-0.39, 0.29) is 24.0 Å². The monoisotopic (exact) mass is 438 g/mol. The maximum absolute atomic E-state index is 13.8. The van der Waals surface area contributed by atoms with Crippen LogP contribution in [0.4, 0.5) is 4.39 Å². The highest BCUT2D eigenvalue weighted by atomic mass is 19.1. The van der Waals surface area contributed by atoms with Crippen molar-refractivity contribution in [3.05, 3.63) is 65.4 Å². The average Bonchev–Trinajstić information content (AvgIpc) is 3.36. The molecule has 1 saturated heterocycles. The fourth-order valence-electron chi connectivity index (χ4n) is 4.30. The van der Waals surface area contributed by atoms with Gasteiger partial charge in [0.15, 0.2) is 11.6 Å². The number of benzene rings is 1. The number of carbonyl (C=O) groups is 2. The normalized spacial score (nSPS) is 18.0. The molecule has 3 heterocycles. The molecule has 1 fully saturated rings. The SMILES string of the molecule is COc1cc(C[C@]2(CCC(=O)NCc3cn4c(C)cccc4n3)CCC(=O)N2)ccc1F. The summed E-state index contributed by atoms with van der Waals surface area (Å²) in [5.41, 5.74) is 3.03. The summed E-state index contributed by atoms with van der Waals surface area (Å²) >= 11 is 0. The molecule has 2 amide bonds. The Morgan fingerprint density at radius 1 is 1.34 bits per heavy atom. The van der Waals surface area contributed by atoms with Crippen LogP contribution >= 0.6 is 0 Å². The Kier molecular flexibility index (Phi) is 6.12. The highest BCUT2D eigenvalue weighted by molar-refractivity contribution is 5.80. The van der Waals surface area contributed by atoms with Gasteiger partial charge >= 0.3 is 0 Å². The second kappa shape index (κ2) is 8.98. The van der Waals surface area contributed by atoms with Crippen LogP contribution < -0.4 is 15.4 Å². The molecule has 0 unspecified atom stereocenters. The van der Waals surface area contributed by atoms with Crippen LogP contribution in [0.15, 0.2) is 42.6 Å². The molecule has 1 aliphatic heterocycles. The first-order valence-electron chi connectivity index (χ1n) is 10.7. The number of rotatable bonds is 8. The number of hydrogen-bond donors (Lipinski definition) is 2. The van der Waals surface area contributed by atoms with Crippen LogP contribution in [0, 0.1) is 12.7 Å². The highest BCUT2D eigenvalue weighted by Gasteiger charge is 2.38. The molecule has 0 spiro atoms. The number of carbonyl (C=O) groups excluding carboxylic acids is 2. The lowest BCUT2D eigenvalue weighted by molar-refractivity contribution is -0.122. The predicted octanol–water partition coefficient (Wildman–Crippen LogP) is 3.08. The van der Waals surface area contributed by atoms with Gasteiger partial charge in [-0.3, -0.25) is 9.59 Å².